The van der Waals surface area contributed by atoms with Crippen molar-refractivity contribution in [2.75, 3.05) is 0 Å². The van der Waals surface area contributed by atoms with Crippen molar-refractivity contribution < 1.29 is 4.79 Å². The smallest absolute Gasteiger partial charge is 0.220 e. The number of amides is 1. The number of carbonyl (C=O) groups excluding carboxylic acids is 1. The maximum Gasteiger partial charge on any atom is 0.220 e. The molecule has 1 amide bonds. The molecule has 2 aromatic heterocycles. The molecular weight excluding hydrogens is 352 g/mol. The van der Waals surface area contributed by atoms with E-state index in [9.17, 15) is 4.79 Å². The fourth-order valence-corrected chi connectivity index (χ4v) is 3.36. The Kier molecular flexibility index (Phi) is 5.84. The molecule has 1 N–H and O–H groups in total. The number of halogens is 1. The van der Waals surface area contributed by atoms with E-state index in [2.05, 4.69) is 10.3 Å². The lowest BCUT2D eigenvalue weighted by atomic mass is 10.1. The first-order valence-electron chi connectivity index (χ1n) is 8.12. The fraction of sp³-hybridized carbons (Fsp3) is 0.200. The quantitative estimate of drug-likeness (QED) is 0.661. The van der Waals surface area contributed by atoms with Gasteiger partial charge in [-0.1, -0.05) is 29.8 Å². The number of pyridine rings is 1. The van der Waals surface area contributed by atoms with Crippen molar-refractivity contribution >= 4 is 28.8 Å². The van der Waals surface area contributed by atoms with Crippen LogP contribution in [0.25, 0.3) is 10.6 Å². The van der Waals surface area contributed by atoms with Crippen molar-refractivity contribution in [2.45, 2.75) is 26.3 Å². The Morgan fingerprint density at radius 3 is 2.84 bits per heavy atom. The average Bonchev–Trinajstić information content (AvgIpc) is 3.16. The molecule has 0 saturated heterocycles. The Bertz CT molecular complexity index is 862. The third kappa shape index (κ3) is 4.91. The monoisotopic (exact) mass is 370 g/mol. The van der Waals surface area contributed by atoms with Crippen LogP contribution in [-0.2, 0) is 17.8 Å². The summed E-state index contributed by atoms with van der Waals surface area (Å²) in [7, 11) is 0. The molecule has 0 aliphatic carbocycles. The van der Waals surface area contributed by atoms with Gasteiger partial charge in [0.15, 0.2) is 0 Å². The third-order valence-corrected chi connectivity index (χ3v) is 5.27. The molecule has 25 heavy (non-hydrogen) atoms. The first-order valence-corrected chi connectivity index (χ1v) is 9.38. The van der Waals surface area contributed by atoms with Crippen molar-refractivity contribution in [3.8, 4) is 10.6 Å². The standard InChI is InChI=1S/C20H19ClN2OS/c1-14-11-15(4-6-17(14)21)5-7-20(24)23-13-16-8-9-22-18(12-16)19-3-2-10-25-19/h2-4,6,8-12H,5,7,13H2,1H3,(H,23,24). The molecular formula is C20H19ClN2OS. The summed E-state index contributed by atoms with van der Waals surface area (Å²) in [5, 5.41) is 5.77. The molecule has 0 aliphatic heterocycles. The maximum absolute atomic E-state index is 12.1. The van der Waals surface area contributed by atoms with E-state index in [4.69, 9.17) is 11.6 Å². The zero-order chi connectivity index (χ0) is 17.6. The summed E-state index contributed by atoms with van der Waals surface area (Å²) >= 11 is 7.68. The van der Waals surface area contributed by atoms with Gasteiger partial charge in [0, 0.05) is 24.2 Å². The van der Waals surface area contributed by atoms with Crippen LogP contribution in [0, 0.1) is 6.92 Å². The second-order valence-electron chi connectivity index (χ2n) is 5.89. The summed E-state index contributed by atoms with van der Waals surface area (Å²) in [5.41, 5.74) is 4.16. The van der Waals surface area contributed by atoms with E-state index >= 15 is 0 Å². The van der Waals surface area contributed by atoms with Crippen LogP contribution in [-0.4, -0.2) is 10.9 Å². The highest BCUT2D eigenvalue weighted by Gasteiger charge is 2.06. The van der Waals surface area contributed by atoms with Crippen molar-refractivity contribution in [3.05, 3.63) is 75.8 Å². The first kappa shape index (κ1) is 17.6. The lowest BCUT2D eigenvalue weighted by Gasteiger charge is -2.07. The molecule has 1 aromatic carbocycles. The average molecular weight is 371 g/mol. The molecule has 0 bridgehead atoms. The number of nitrogens with one attached hydrogen (secondary N) is 1. The number of aryl methyl sites for hydroxylation is 2. The molecule has 0 radical (unpaired) electrons. The Morgan fingerprint density at radius 2 is 2.08 bits per heavy atom. The summed E-state index contributed by atoms with van der Waals surface area (Å²) in [6, 6.07) is 13.9. The molecule has 0 fully saturated rings. The molecule has 3 rings (SSSR count). The zero-order valence-corrected chi connectivity index (χ0v) is 15.5. The SMILES string of the molecule is Cc1cc(CCC(=O)NCc2ccnc(-c3cccs3)c2)ccc1Cl. The molecule has 5 heteroatoms. The lowest BCUT2D eigenvalue weighted by molar-refractivity contribution is -0.121. The maximum atomic E-state index is 12.1. The second-order valence-corrected chi connectivity index (χ2v) is 7.24. The summed E-state index contributed by atoms with van der Waals surface area (Å²) < 4.78 is 0. The van der Waals surface area contributed by atoms with Gasteiger partial charge >= 0.3 is 0 Å². The Hall–Kier alpha value is -2.17. The van der Waals surface area contributed by atoms with Gasteiger partial charge in [-0.15, -0.1) is 11.3 Å². The zero-order valence-electron chi connectivity index (χ0n) is 14.0. The predicted molar refractivity (Wildman–Crippen MR) is 104 cm³/mol. The van der Waals surface area contributed by atoms with Crippen molar-refractivity contribution in [3.63, 3.8) is 0 Å². The molecule has 3 nitrogen and oxygen atoms in total. The lowest BCUT2D eigenvalue weighted by Crippen LogP contribution is -2.23. The summed E-state index contributed by atoms with van der Waals surface area (Å²) in [6.45, 7) is 2.49. The van der Waals surface area contributed by atoms with Gasteiger partial charge in [0.2, 0.25) is 5.91 Å². The van der Waals surface area contributed by atoms with Crippen LogP contribution in [0.4, 0.5) is 0 Å². The number of hydrogen-bond acceptors (Lipinski definition) is 3. The molecule has 0 aliphatic rings. The molecule has 0 spiro atoms. The topological polar surface area (TPSA) is 42.0 Å². The Balaban J connectivity index is 1.52. The summed E-state index contributed by atoms with van der Waals surface area (Å²) in [5.74, 6) is 0.0436. The predicted octanol–water partition coefficient (Wildman–Crippen LogP) is 5.02. The van der Waals surface area contributed by atoms with Crippen LogP contribution in [0.1, 0.15) is 23.1 Å². The van der Waals surface area contributed by atoms with E-state index in [1.807, 2.05) is 54.8 Å². The van der Waals surface area contributed by atoms with E-state index in [0.29, 0.717) is 19.4 Å². The van der Waals surface area contributed by atoms with Gasteiger partial charge in [-0.2, -0.15) is 0 Å². The number of thiophene rings is 1. The highest BCUT2D eigenvalue weighted by molar-refractivity contribution is 7.13. The number of benzene rings is 1. The minimum Gasteiger partial charge on any atom is -0.352 e. The van der Waals surface area contributed by atoms with E-state index in [-0.39, 0.29) is 5.91 Å². The molecule has 0 unspecified atom stereocenters. The molecule has 2 heterocycles. The number of rotatable bonds is 6. The minimum atomic E-state index is 0.0436. The van der Waals surface area contributed by atoms with Crippen LogP contribution in [0.2, 0.25) is 5.02 Å². The van der Waals surface area contributed by atoms with Crippen LogP contribution >= 0.6 is 22.9 Å². The van der Waals surface area contributed by atoms with E-state index in [1.165, 1.54) is 0 Å². The highest BCUT2D eigenvalue weighted by Crippen LogP contribution is 2.23. The van der Waals surface area contributed by atoms with Gasteiger partial charge in [0.05, 0.1) is 10.6 Å². The van der Waals surface area contributed by atoms with Crippen molar-refractivity contribution in [1.82, 2.24) is 10.3 Å². The normalized spacial score (nSPS) is 10.6. The third-order valence-electron chi connectivity index (χ3n) is 3.95. The van der Waals surface area contributed by atoms with Crippen LogP contribution in [0.5, 0.6) is 0 Å². The van der Waals surface area contributed by atoms with E-state index in [0.717, 1.165) is 32.3 Å². The first-order chi connectivity index (χ1) is 12.1. The Morgan fingerprint density at radius 1 is 1.20 bits per heavy atom. The van der Waals surface area contributed by atoms with Gasteiger partial charge < -0.3 is 5.32 Å². The van der Waals surface area contributed by atoms with Gasteiger partial charge in [0.25, 0.3) is 0 Å². The molecule has 3 aromatic rings. The largest absolute Gasteiger partial charge is 0.352 e. The number of hydrogen-bond donors (Lipinski definition) is 1. The van der Waals surface area contributed by atoms with Gasteiger partial charge in [-0.25, -0.2) is 0 Å². The number of nitrogens with zero attached hydrogens (tertiary/aromatic N) is 1. The highest BCUT2D eigenvalue weighted by atomic mass is 35.5. The van der Waals surface area contributed by atoms with Crippen LogP contribution in [0.3, 0.4) is 0 Å². The summed E-state index contributed by atoms with van der Waals surface area (Å²) in [6.07, 6.45) is 2.96. The molecule has 0 atom stereocenters. The van der Waals surface area contributed by atoms with E-state index in [1.54, 1.807) is 17.5 Å². The minimum absolute atomic E-state index is 0.0436. The van der Waals surface area contributed by atoms with E-state index < -0.39 is 0 Å². The number of aromatic nitrogens is 1. The molecule has 0 saturated carbocycles. The Labute approximate surface area is 156 Å². The number of carbonyl (C=O) groups is 1. The van der Waals surface area contributed by atoms with Gasteiger partial charge in [0.1, 0.15) is 0 Å². The summed E-state index contributed by atoms with van der Waals surface area (Å²) in [4.78, 5) is 17.6. The van der Waals surface area contributed by atoms with Crippen molar-refractivity contribution in [2.24, 2.45) is 0 Å². The van der Waals surface area contributed by atoms with Crippen LogP contribution < -0.4 is 5.32 Å². The van der Waals surface area contributed by atoms with Gasteiger partial charge in [-0.3, -0.25) is 9.78 Å². The molecule has 128 valence electrons. The van der Waals surface area contributed by atoms with Crippen molar-refractivity contribution in [1.29, 1.82) is 0 Å². The van der Waals surface area contributed by atoms with Gasteiger partial charge in [-0.05, 0) is 59.7 Å². The fourth-order valence-electron chi connectivity index (χ4n) is 2.55. The second kappa shape index (κ2) is 8.28. The van der Waals surface area contributed by atoms with Crippen LogP contribution in [0.15, 0.2) is 54.0 Å².